The number of fused-ring (bicyclic) bond motifs is 1. The topological polar surface area (TPSA) is 24.0 Å². The molecule has 108 valence electrons. The molecule has 2 aromatic rings. The number of aryl methyl sites for hydroxylation is 2. The van der Waals surface area contributed by atoms with Crippen LogP contribution in [0.3, 0.4) is 0 Å². The molecule has 1 aromatic carbocycles. The van der Waals surface area contributed by atoms with Crippen LogP contribution in [-0.4, -0.2) is 34.6 Å². The third-order valence-electron chi connectivity index (χ3n) is 4.53. The molecule has 0 radical (unpaired) electrons. The molecule has 0 saturated carbocycles. The average molecular weight is 289 g/mol. The Morgan fingerprint density at radius 2 is 2.05 bits per heavy atom. The lowest BCUT2D eigenvalue weighted by molar-refractivity contribution is 0.208. The molecule has 1 aromatic heterocycles. The minimum absolute atomic E-state index is 0.850. The molecule has 0 aliphatic carbocycles. The Morgan fingerprint density at radius 3 is 2.80 bits per heavy atom. The molecule has 0 unspecified atom stereocenters. The summed E-state index contributed by atoms with van der Waals surface area (Å²) in [5, 5.41) is 0. The number of likely N-dealkylation sites (tertiary alicyclic amines) is 1. The van der Waals surface area contributed by atoms with Crippen LogP contribution in [0.25, 0.3) is 11.0 Å². The summed E-state index contributed by atoms with van der Waals surface area (Å²) in [5.41, 5.74) is 3.68. The molecule has 20 heavy (non-hydrogen) atoms. The smallest absolute Gasteiger partial charge is 0.178 e. The van der Waals surface area contributed by atoms with E-state index in [4.69, 9.17) is 12.2 Å². The Hall–Kier alpha value is -1.13. The van der Waals surface area contributed by atoms with Gasteiger partial charge >= 0.3 is 0 Å². The zero-order valence-corrected chi connectivity index (χ0v) is 13.2. The Kier molecular flexibility index (Phi) is 3.94. The number of aromatic nitrogens is 2. The maximum Gasteiger partial charge on any atom is 0.178 e. The van der Waals surface area contributed by atoms with Crippen molar-refractivity contribution in [3.8, 4) is 0 Å². The van der Waals surface area contributed by atoms with E-state index in [1.807, 2.05) is 0 Å². The van der Waals surface area contributed by atoms with Crippen molar-refractivity contribution < 1.29 is 0 Å². The number of nitrogens with one attached hydrogen (secondary N) is 1. The highest BCUT2D eigenvalue weighted by Gasteiger charge is 2.17. The van der Waals surface area contributed by atoms with Gasteiger partial charge in [0.05, 0.1) is 11.0 Å². The van der Waals surface area contributed by atoms with Crippen LogP contribution in [0, 0.1) is 17.6 Å². The predicted molar refractivity (Wildman–Crippen MR) is 86.7 cm³/mol. The number of piperidine rings is 1. The summed E-state index contributed by atoms with van der Waals surface area (Å²) in [6.07, 6.45) is 3.89. The van der Waals surface area contributed by atoms with Gasteiger partial charge in [0.15, 0.2) is 4.77 Å². The SMILES string of the molecule is Cc1ccc2c(c1)[nH]c(=S)n2CCC1CCN(C)CC1. The van der Waals surface area contributed by atoms with Crippen molar-refractivity contribution in [1.82, 2.24) is 14.5 Å². The molecular formula is C16H23N3S. The van der Waals surface area contributed by atoms with E-state index in [0.717, 1.165) is 17.2 Å². The van der Waals surface area contributed by atoms with Crippen LogP contribution in [0.1, 0.15) is 24.8 Å². The molecule has 2 heterocycles. The van der Waals surface area contributed by atoms with Gasteiger partial charge in [-0.05, 0) is 82.2 Å². The molecule has 4 heteroatoms. The first kappa shape index (κ1) is 13.8. The van der Waals surface area contributed by atoms with Crippen molar-refractivity contribution in [2.75, 3.05) is 20.1 Å². The third kappa shape index (κ3) is 2.81. The molecule has 1 N–H and O–H groups in total. The highest BCUT2D eigenvalue weighted by Crippen LogP contribution is 2.22. The van der Waals surface area contributed by atoms with Crippen molar-refractivity contribution in [1.29, 1.82) is 0 Å². The molecular weight excluding hydrogens is 266 g/mol. The fourth-order valence-electron chi connectivity index (χ4n) is 3.16. The van der Waals surface area contributed by atoms with Crippen LogP contribution in [-0.2, 0) is 6.54 Å². The Bertz CT molecular complexity index is 647. The quantitative estimate of drug-likeness (QED) is 0.870. The zero-order valence-electron chi connectivity index (χ0n) is 12.4. The largest absolute Gasteiger partial charge is 0.331 e. The molecule has 3 nitrogen and oxygen atoms in total. The summed E-state index contributed by atoms with van der Waals surface area (Å²) in [4.78, 5) is 5.76. The highest BCUT2D eigenvalue weighted by atomic mass is 32.1. The number of H-pyrrole nitrogens is 1. The molecule has 1 fully saturated rings. The number of hydrogen-bond acceptors (Lipinski definition) is 2. The molecule has 0 amide bonds. The second kappa shape index (κ2) is 5.70. The molecule has 0 atom stereocenters. The summed E-state index contributed by atoms with van der Waals surface area (Å²) in [7, 11) is 2.22. The van der Waals surface area contributed by atoms with Crippen molar-refractivity contribution in [3.05, 3.63) is 28.5 Å². The molecule has 0 bridgehead atoms. The minimum atomic E-state index is 0.850. The van der Waals surface area contributed by atoms with E-state index in [9.17, 15) is 0 Å². The summed E-state index contributed by atoms with van der Waals surface area (Å²) >= 11 is 5.48. The number of imidazole rings is 1. The fourth-order valence-corrected chi connectivity index (χ4v) is 3.46. The van der Waals surface area contributed by atoms with Gasteiger partial charge in [-0.15, -0.1) is 0 Å². The maximum absolute atomic E-state index is 5.48. The number of aromatic amines is 1. The van der Waals surface area contributed by atoms with E-state index < -0.39 is 0 Å². The summed E-state index contributed by atoms with van der Waals surface area (Å²) in [6, 6.07) is 6.53. The van der Waals surface area contributed by atoms with Crippen molar-refractivity contribution in [2.24, 2.45) is 5.92 Å². The van der Waals surface area contributed by atoms with E-state index in [2.05, 4.69) is 46.6 Å². The van der Waals surface area contributed by atoms with Gasteiger partial charge in [0.1, 0.15) is 0 Å². The highest BCUT2D eigenvalue weighted by molar-refractivity contribution is 7.71. The molecule has 1 aliphatic heterocycles. The lowest BCUT2D eigenvalue weighted by atomic mass is 9.94. The van der Waals surface area contributed by atoms with Crippen LogP contribution >= 0.6 is 12.2 Å². The first-order valence-corrected chi connectivity index (χ1v) is 7.92. The lowest BCUT2D eigenvalue weighted by Gasteiger charge is -2.28. The Labute approximate surface area is 125 Å². The molecule has 0 spiro atoms. The van der Waals surface area contributed by atoms with Gasteiger partial charge in [-0.1, -0.05) is 6.07 Å². The van der Waals surface area contributed by atoms with Crippen LogP contribution < -0.4 is 0 Å². The monoisotopic (exact) mass is 289 g/mol. The summed E-state index contributed by atoms with van der Waals surface area (Å²) in [6.45, 7) is 5.63. The first-order valence-electron chi connectivity index (χ1n) is 7.51. The third-order valence-corrected chi connectivity index (χ3v) is 4.85. The number of benzene rings is 1. The van der Waals surface area contributed by atoms with Crippen molar-refractivity contribution in [2.45, 2.75) is 32.7 Å². The number of hydrogen-bond donors (Lipinski definition) is 1. The minimum Gasteiger partial charge on any atom is -0.331 e. The van der Waals surface area contributed by atoms with Crippen LogP contribution in [0.4, 0.5) is 0 Å². The second-order valence-corrected chi connectivity index (χ2v) is 6.52. The summed E-state index contributed by atoms with van der Waals surface area (Å²) < 4.78 is 3.13. The standard InChI is InChI=1S/C16H23N3S/c1-12-3-4-15-14(11-12)17-16(20)19(15)10-7-13-5-8-18(2)9-6-13/h3-4,11,13H,5-10H2,1-2H3,(H,17,20). The van der Waals surface area contributed by atoms with E-state index in [1.165, 1.54) is 48.9 Å². The van der Waals surface area contributed by atoms with Gasteiger partial charge in [0.25, 0.3) is 0 Å². The van der Waals surface area contributed by atoms with Gasteiger partial charge < -0.3 is 14.5 Å². The van der Waals surface area contributed by atoms with Crippen LogP contribution in [0.2, 0.25) is 0 Å². The normalized spacial score (nSPS) is 17.9. The van der Waals surface area contributed by atoms with Gasteiger partial charge in [0, 0.05) is 6.54 Å². The van der Waals surface area contributed by atoms with E-state index in [1.54, 1.807) is 0 Å². The van der Waals surface area contributed by atoms with Gasteiger partial charge in [0.2, 0.25) is 0 Å². The Balaban J connectivity index is 1.74. The van der Waals surface area contributed by atoms with Gasteiger partial charge in [-0.3, -0.25) is 0 Å². The molecule has 1 aliphatic rings. The van der Waals surface area contributed by atoms with E-state index >= 15 is 0 Å². The first-order chi connectivity index (χ1) is 9.63. The van der Waals surface area contributed by atoms with Crippen LogP contribution in [0.15, 0.2) is 18.2 Å². The van der Waals surface area contributed by atoms with E-state index in [-0.39, 0.29) is 0 Å². The predicted octanol–water partition coefficient (Wildman–Crippen LogP) is 3.74. The van der Waals surface area contributed by atoms with Crippen molar-refractivity contribution in [3.63, 3.8) is 0 Å². The van der Waals surface area contributed by atoms with Gasteiger partial charge in [-0.2, -0.15) is 0 Å². The molecule has 1 saturated heterocycles. The second-order valence-electron chi connectivity index (χ2n) is 6.14. The van der Waals surface area contributed by atoms with E-state index in [0.29, 0.717) is 0 Å². The zero-order chi connectivity index (χ0) is 14.1. The number of rotatable bonds is 3. The average Bonchev–Trinajstić information content (AvgIpc) is 2.73. The lowest BCUT2D eigenvalue weighted by Crippen LogP contribution is -2.30. The summed E-state index contributed by atoms with van der Waals surface area (Å²) in [5.74, 6) is 0.850. The number of nitrogens with zero attached hydrogens (tertiary/aromatic N) is 2. The fraction of sp³-hybridized carbons (Fsp3) is 0.562. The van der Waals surface area contributed by atoms with Crippen LogP contribution in [0.5, 0.6) is 0 Å². The Morgan fingerprint density at radius 1 is 1.30 bits per heavy atom. The molecule has 3 rings (SSSR count). The van der Waals surface area contributed by atoms with Crippen molar-refractivity contribution >= 4 is 23.3 Å². The maximum atomic E-state index is 5.48. The van der Waals surface area contributed by atoms with Gasteiger partial charge in [-0.25, -0.2) is 0 Å².